The molecule has 0 saturated carbocycles. The fourth-order valence-corrected chi connectivity index (χ4v) is 2.08. The highest BCUT2D eigenvalue weighted by molar-refractivity contribution is 5.37. The molecule has 0 saturated heterocycles. The van der Waals surface area contributed by atoms with Crippen LogP contribution in [0.15, 0.2) is 11.4 Å². The number of nitriles is 2. The Morgan fingerprint density at radius 2 is 2.21 bits per heavy atom. The Morgan fingerprint density at radius 1 is 1.58 bits per heavy atom. The van der Waals surface area contributed by atoms with Gasteiger partial charge in [0, 0.05) is 25.5 Å². The number of nitrogens with zero attached hydrogens (tertiary/aromatic N) is 4. The lowest BCUT2D eigenvalue weighted by molar-refractivity contribution is -0.525. The summed E-state index contributed by atoms with van der Waals surface area (Å²) in [6.07, 6.45) is -0.669. The van der Waals surface area contributed by atoms with Crippen LogP contribution in [-0.4, -0.2) is 41.8 Å². The smallest absolute Gasteiger partial charge is 0.234 e. The van der Waals surface area contributed by atoms with Gasteiger partial charge in [0.25, 0.3) is 0 Å². The molecule has 0 bridgehead atoms. The van der Waals surface area contributed by atoms with Crippen molar-refractivity contribution in [1.29, 1.82) is 10.5 Å². The molecule has 1 aliphatic rings. The highest BCUT2D eigenvalue weighted by Gasteiger charge is 2.42. The molecule has 8 nitrogen and oxygen atoms in total. The quantitative estimate of drug-likeness (QED) is 0.569. The molecule has 1 unspecified atom stereocenters. The van der Waals surface area contributed by atoms with Crippen LogP contribution in [0.5, 0.6) is 0 Å². The molecular weight excluding hydrogens is 250 g/mol. The Hall–Kier alpha value is -2.32. The minimum atomic E-state index is -0.956. The highest BCUT2D eigenvalue weighted by Crippen LogP contribution is 2.23. The second-order valence-corrected chi connectivity index (χ2v) is 4.06. The van der Waals surface area contributed by atoms with Gasteiger partial charge in [-0.25, -0.2) is 0 Å². The van der Waals surface area contributed by atoms with Crippen LogP contribution in [0.1, 0.15) is 13.8 Å². The summed E-state index contributed by atoms with van der Waals surface area (Å²) < 4.78 is 5.27. The molecule has 1 rings (SSSR count). The van der Waals surface area contributed by atoms with Crippen molar-refractivity contribution in [3.05, 3.63) is 21.5 Å². The van der Waals surface area contributed by atoms with E-state index in [1.54, 1.807) is 11.8 Å². The first-order valence-electron chi connectivity index (χ1n) is 5.75. The standard InChI is InChI=1S/C11H15N5O3/c1-4-15-9(6-13)8(5-12)14-10(11(15)19-3)7(2)16(17)18/h7,10-11,14H,4H2,1-3H3/t7?,10-,11-/m1/s1. The van der Waals surface area contributed by atoms with E-state index in [0.717, 1.165) is 0 Å². The molecule has 0 radical (unpaired) electrons. The lowest BCUT2D eigenvalue weighted by Gasteiger charge is -2.40. The number of allylic oxidation sites excluding steroid dienone is 2. The summed E-state index contributed by atoms with van der Waals surface area (Å²) in [6.45, 7) is 3.64. The Bertz CT molecular complexity index is 476. The molecule has 1 N–H and O–H groups in total. The van der Waals surface area contributed by atoms with Gasteiger partial charge in [-0.2, -0.15) is 10.5 Å². The number of nitrogens with one attached hydrogen (secondary N) is 1. The van der Waals surface area contributed by atoms with Gasteiger partial charge in [0.1, 0.15) is 23.9 Å². The van der Waals surface area contributed by atoms with Crippen LogP contribution in [0, 0.1) is 32.8 Å². The fraction of sp³-hybridized carbons (Fsp3) is 0.636. The topological polar surface area (TPSA) is 115 Å². The molecule has 0 aromatic carbocycles. The molecule has 0 aliphatic carbocycles. The van der Waals surface area contributed by atoms with Crippen LogP contribution in [0.4, 0.5) is 0 Å². The summed E-state index contributed by atoms with van der Waals surface area (Å²) in [7, 11) is 1.42. The summed E-state index contributed by atoms with van der Waals surface area (Å²) in [4.78, 5) is 12.0. The second-order valence-electron chi connectivity index (χ2n) is 4.06. The molecule has 1 aliphatic heterocycles. The van der Waals surface area contributed by atoms with Crippen molar-refractivity contribution >= 4 is 0 Å². The highest BCUT2D eigenvalue weighted by atomic mass is 16.6. The van der Waals surface area contributed by atoms with Crippen molar-refractivity contribution in [2.45, 2.75) is 32.2 Å². The van der Waals surface area contributed by atoms with E-state index in [2.05, 4.69) is 5.32 Å². The number of rotatable bonds is 4. The normalized spacial score (nSPS) is 24.2. The average Bonchev–Trinajstić information content (AvgIpc) is 2.43. The van der Waals surface area contributed by atoms with Crippen LogP contribution < -0.4 is 5.32 Å². The maximum absolute atomic E-state index is 10.9. The van der Waals surface area contributed by atoms with E-state index >= 15 is 0 Å². The van der Waals surface area contributed by atoms with Gasteiger partial charge < -0.3 is 15.0 Å². The zero-order chi connectivity index (χ0) is 14.6. The van der Waals surface area contributed by atoms with Crippen LogP contribution in [0.3, 0.4) is 0 Å². The zero-order valence-electron chi connectivity index (χ0n) is 11.0. The molecule has 8 heteroatoms. The molecule has 0 spiro atoms. The minimum Gasteiger partial charge on any atom is -0.361 e. The fourth-order valence-electron chi connectivity index (χ4n) is 2.08. The van der Waals surface area contributed by atoms with Crippen molar-refractivity contribution in [3.8, 4) is 12.1 Å². The van der Waals surface area contributed by atoms with Crippen molar-refractivity contribution in [1.82, 2.24) is 10.2 Å². The van der Waals surface area contributed by atoms with Crippen LogP contribution in [-0.2, 0) is 4.74 Å². The van der Waals surface area contributed by atoms with Crippen molar-refractivity contribution in [3.63, 3.8) is 0 Å². The summed E-state index contributed by atoms with van der Waals surface area (Å²) in [5.74, 6) is 0. The maximum Gasteiger partial charge on any atom is 0.234 e. The molecule has 0 amide bonds. The van der Waals surface area contributed by atoms with Crippen LogP contribution in [0.2, 0.25) is 0 Å². The first-order chi connectivity index (χ1) is 9.01. The van der Waals surface area contributed by atoms with Crippen molar-refractivity contribution in [2.75, 3.05) is 13.7 Å². The third-order valence-electron chi connectivity index (χ3n) is 3.10. The number of likely N-dealkylation sites (N-methyl/N-ethyl adjacent to an activating group) is 1. The number of ether oxygens (including phenoxy) is 1. The second kappa shape index (κ2) is 6.03. The largest absolute Gasteiger partial charge is 0.361 e. The summed E-state index contributed by atoms with van der Waals surface area (Å²) in [6, 6.07) is 2.14. The Balaban J connectivity index is 3.26. The monoisotopic (exact) mass is 265 g/mol. The minimum absolute atomic E-state index is 0.0383. The van der Waals surface area contributed by atoms with E-state index in [4.69, 9.17) is 15.3 Å². The Morgan fingerprint density at radius 3 is 2.58 bits per heavy atom. The first kappa shape index (κ1) is 14.7. The molecule has 1 heterocycles. The van der Waals surface area contributed by atoms with Crippen LogP contribution in [0.25, 0.3) is 0 Å². The van der Waals surface area contributed by atoms with Gasteiger partial charge in [-0.3, -0.25) is 10.1 Å². The van der Waals surface area contributed by atoms with Crippen molar-refractivity contribution in [2.24, 2.45) is 0 Å². The Labute approximate surface area is 111 Å². The van der Waals surface area contributed by atoms with E-state index in [1.165, 1.54) is 14.0 Å². The Kier molecular flexibility index (Phi) is 4.67. The van der Waals surface area contributed by atoms with E-state index in [1.807, 2.05) is 12.1 Å². The molecule has 19 heavy (non-hydrogen) atoms. The summed E-state index contributed by atoms with van der Waals surface area (Å²) >= 11 is 0. The third kappa shape index (κ3) is 2.59. The molecule has 102 valence electrons. The lowest BCUT2D eigenvalue weighted by Crippen LogP contribution is -2.60. The van der Waals surface area contributed by atoms with Gasteiger partial charge >= 0.3 is 0 Å². The third-order valence-corrected chi connectivity index (χ3v) is 3.10. The lowest BCUT2D eigenvalue weighted by atomic mass is 10.0. The molecule has 0 aromatic rings. The summed E-state index contributed by atoms with van der Waals surface area (Å²) in [5, 5.41) is 31.8. The molecular formula is C11H15N5O3. The zero-order valence-corrected chi connectivity index (χ0v) is 11.0. The predicted octanol–water partition coefficient (Wildman–Crippen LogP) is 0.177. The maximum atomic E-state index is 10.9. The average molecular weight is 265 g/mol. The van der Waals surface area contributed by atoms with E-state index < -0.39 is 23.2 Å². The van der Waals surface area contributed by atoms with Gasteiger partial charge in [-0.15, -0.1) is 0 Å². The van der Waals surface area contributed by atoms with Crippen LogP contribution >= 0.6 is 0 Å². The van der Waals surface area contributed by atoms with Gasteiger partial charge in [0.15, 0.2) is 11.9 Å². The van der Waals surface area contributed by atoms with E-state index in [0.29, 0.717) is 6.54 Å². The number of methoxy groups -OCH3 is 1. The molecule has 3 atom stereocenters. The van der Waals surface area contributed by atoms with Gasteiger partial charge in [-0.1, -0.05) is 0 Å². The molecule has 0 aromatic heterocycles. The first-order valence-corrected chi connectivity index (χ1v) is 5.75. The predicted molar refractivity (Wildman–Crippen MR) is 64.8 cm³/mol. The van der Waals surface area contributed by atoms with E-state index in [9.17, 15) is 10.1 Å². The van der Waals surface area contributed by atoms with Gasteiger partial charge in [-0.05, 0) is 6.92 Å². The van der Waals surface area contributed by atoms with Gasteiger partial charge in [0.2, 0.25) is 6.04 Å². The molecule has 0 fully saturated rings. The SMILES string of the molecule is CCN1C(C#N)=C(C#N)N[C@H](C(C)[N+](=O)[O-])[C@H]1OC. The number of hydrogen-bond acceptors (Lipinski definition) is 7. The summed E-state index contributed by atoms with van der Waals surface area (Å²) in [5.41, 5.74) is 0.181. The number of nitro groups is 1. The van der Waals surface area contributed by atoms with E-state index in [-0.39, 0.29) is 11.4 Å². The van der Waals surface area contributed by atoms with Gasteiger partial charge in [0.05, 0.1) is 0 Å². The van der Waals surface area contributed by atoms with Crippen molar-refractivity contribution < 1.29 is 9.66 Å². The number of hydrogen-bond donors (Lipinski definition) is 1.